The smallest absolute Gasteiger partial charge is 0.200 e. The van der Waals surface area contributed by atoms with Crippen LogP contribution in [0.1, 0.15) is 31.1 Å². The number of H-pyrrole nitrogens is 1. The first-order valence-corrected chi connectivity index (χ1v) is 6.09. The molecule has 1 N–H and O–H groups in total. The summed E-state index contributed by atoms with van der Waals surface area (Å²) in [6, 6.07) is 5.20. The van der Waals surface area contributed by atoms with Crippen molar-refractivity contribution < 1.29 is 9.53 Å². The van der Waals surface area contributed by atoms with E-state index in [9.17, 15) is 9.59 Å². The summed E-state index contributed by atoms with van der Waals surface area (Å²) in [5, 5.41) is 0.467. The molecule has 1 aromatic heterocycles. The lowest BCUT2D eigenvalue weighted by molar-refractivity contribution is 0.0857. The molecular formula is C15H17NO3. The third kappa shape index (κ3) is 2.26. The van der Waals surface area contributed by atoms with Crippen LogP contribution in [0.25, 0.3) is 10.9 Å². The average molecular weight is 259 g/mol. The van der Waals surface area contributed by atoms with Gasteiger partial charge in [-0.05, 0) is 12.1 Å². The second-order valence-electron chi connectivity index (χ2n) is 5.49. The van der Waals surface area contributed by atoms with E-state index in [-0.39, 0.29) is 16.8 Å². The van der Waals surface area contributed by atoms with Gasteiger partial charge < -0.3 is 9.72 Å². The number of aromatic amines is 1. The Morgan fingerprint density at radius 3 is 2.53 bits per heavy atom. The number of methoxy groups -OCH3 is 1. The Morgan fingerprint density at radius 2 is 1.95 bits per heavy atom. The first kappa shape index (κ1) is 13.3. The van der Waals surface area contributed by atoms with E-state index >= 15 is 0 Å². The number of benzene rings is 1. The minimum Gasteiger partial charge on any atom is -0.495 e. The molecular weight excluding hydrogens is 242 g/mol. The Kier molecular flexibility index (Phi) is 3.18. The summed E-state index contributed by atoms with van der Waals surface area (Å²) in [5.74, 6) is 0.419. The van der Waals surface area contributed by atoms with Crippen LogP contribution in [0.2, 0.25) is 0 Å². The topological polar surface area (TPSA) is 59.2 Å². The molecule has 0 unspecified atom stereocenters. The molecule has 4 heteroatoms. The van der Waals surface area contributed by atoms with Gasteiger partial charge in [0.05, 0.1) is 23.6 Å². The summed E-state index contributed by atoms with van der Waals surface area (Å²) < 4.78 is 5.20. The molecule has 1 heterocycles. The Bertz CT molecular complexity index is 693. The minimum atomic E-state index is -0.584. The van der Waals surface area contributed by atoms with Crippen LogP contribution in [0.3, 0.4) is 0 Å². The summed E-state index contributed by atoms with van der Waals surface area (Å²) in [4.78, 5) is 27.6. The molecule has 0 saturated heterocycles. The molecule has 0 atom stereocenters. The SMILES string of the molecule is COc1cccc2c(=O)c(C(=O)C(C)(C)C)c[nH]c12. The number of fused-ring (bicyclic) bond motifs is 1. The summed E-state index contributed by atoms with van der Waals surface area (Å²) in [7, 11) is 1.54. The van der Waals surface area contributed by atoms with Crippen molar-refractivity contribution in [3.63, 3.8) is 0 Å². The Balaban J connectivity index is 2.73. The zero-order chi connectivity index (χ0) is 14.2. The first-order chi connectivity index (χ1) is 8.86. The lowest BCUT2D eigenvalue weighted by Crippen LogP contribution is -2.26. The zero-order valence-electron chi connectivity index (χ0n) is 11.5. The molecule has 2 rings (SSSR count). The van der Waals surface area contributed by atoms with Crippen LogP contribution >= 0.6 is 0 Å². The van der Waals surface area contributed by atoms with Crippen molar-refractivity contribution >= 4 is 16.7 Å². The van der Waals surface area contributed by atoms with Crippen molar-refractivity contribution in [1.29, 1.82) is 0 Å². The highest BCUT2D eigenvalue weighted by Crippen LogP contribution is 2.23. The minimum absolute atomic E-state index is 0.168. The highest BCUT2D eigenvalue weighted by atomic mass is 16.5. The molecule has 0 amide bonds. The second-order valence-corrected chi connectivity index (χ2v) is 5.49. The maximum atomic E-state index is 12.4. The first-order valence-electron chi connectivity index (χ1n) is 6.09. The van der Waals surface area contributed by atoms with Crippen molar-refractivity contribution in [3.8, 4) is 5.75 Å². The number of carbonyl (C=O) groups is 1. The van der Waals surface area contributed by atoms with Crippen molar-refractivity contribution in [2.45, 2.75) is 20.8 Å². The quantitative estimate of drug-likeness (QED) is 0.844. The van der Waals surface area contributed by atoms with Gasteiger partial charge in [-0.25, -0.2) is 0 Å². The number of ether oxygens (including phenoxy) is 1. The molecule has 0 saturated carbocycles. The van der Waals surface area contributed by atoms with Crippen LogP contribution < -0.4 is 10.2 Å². The van der Waals surface area contributed by atoms with Gasteiger partial charge in [0.1, 0.15) is 5.75 Å². The second kappa shape index (κ2) is 4.53. The van der Waals surface area contributed by atoms with Gasteiger partial charge >= 0.3 is 0 Å². The fraction of sp³-hybridized carbons (Fsp3) is 0.333. The monoisotopic (exact) mass is 259 g/mol. The molecule has 0 aliphatic rings. The maximum Gasteiger partial charge on any atom is 0.200 e. The van der Waals surface area contributed by atoms with E-state index in [0.29, 0.717) is 16.7 Å². The van der Waals surface area contributed by atoms with Crippen LogP contribution in [0.4, 0.5) is 0 Å². The maximum absolute atomic E-state index is 12.4. The van der Waals surface area contributed by atoms with Crippen LogP contribution in [-0.2, 0) is 0 Å². The highest BCUT2D eigenvalue weighted by molar-refractivity contribution is 6.02. The molecule has 0 radical (unpaired) electrons. The van der Waals surface area contributed by atoms with Crippen molar-refractivity contribution in [2.24, 2.45) is 5.41 Å². The number of hydrogen-bond donors (Lipinski definition) is 1. The van der Waals surface area contributed by atoms with Gasteiger partial charge in [-0.2, -0.15) is 0 Å². The summed E-state index contributed by atoms with van der Waals surface area (Å²) in [6.45, 7) is 5.39. The van der Waals surface area contributed by atoms with Gasteiger partial charge in [0.2, 0.25) is 0 Å². The molecule has 19 heavy (non-hydrogen) atoms. The van der Waals surface area contributed by atoms with E-state index in [1.54, 1.807) is 46.1 Å². The van der Waals surface area contributed by atoms with E-state index in [1.165, 1.54) is 6.20 Å². The summed E-state index contributed by atoms with van der Waals surface area (Å²) in [6.07, 6.45) is 1.47. The highest BCUT2D eigenvalue weighted by Gasteiger charge is 2.26. The number of nitrogens with one attached hydrogen (secondary N) is 1. The fourth-order valence-electron chi connectivity index (χ4n) is 1.97. The van der Waals surface area contributed by atoms with E-state index < -0.39 is 5.41 Å². The Labute approximate surface area is 111 Å². The molecule has 1 aromatic carbocycles. The van der Waals surface area contributed by atoms with Crippen molar-refractivity contribution in [2.75, 3.05) is 7.11 Å². The number of para-hydroxylation sites is 1. The molecule has 100 valence electrons. The van der Waals surface area contributed by atoms with E-state index in [1.807, 2.05) is 0 Å². The fourth-order valence-corrected chi connectivity index (χ4v) is 1.97. The molecule has 0 fully saturated rings. The molecule has 0 bridgehead atoms. The standard InChI is InChI=1S/C15H17NO3/c1-15(2,3)14(18)10-8-16-12-9(13(10)17)6-5-7-11(12)19-4/h5-8H,1-4H3,(H,16,17). The summed E-state index contributed by atoms with van der Waals surface area (Å²) >= 11 is 0. The predicted octanol–water partition coefficient (Wildman–Crippen LogP) is 2.77. The number of carbonyl (C=O) groups excluding carboxylic acids is 1. The van der Waals surface area contributed by atoms with Crippen LogP contribution in [0.5, 0.6) is 5.75 Å². The number of rotatable bonds is 2. The van der Waals surface area contributed by atoms with Gasteiger partial charge in [-0.3, -0.25) is 9.59 Å². The molecule has 2 aromatic rings. The van der Waals surface area contributed by atoms with Crippen LogP contribution in [0.15, 0.2) is 29.2 Å². The van der Waals surface area contributed by atoms with Crippen molar-refractivity contribution in [1.82, 2.24) is 4.98 Å². The lowest BCUT2D eigenvalue weighted by atomic mass is 9.86. The number of ketones is 1. The molecule has 0 aliphatic carbocycles. The van der Waals surface area contributed by atoms with Gasteiger partial charge in [0.25, 0.3) is 0 Å². The largest absolute Gasteiger partial charge is 0.495 e. The third-order valence-electron chi connectivity index (χ3n) is 3.02. The van der Waals surface area contributed by atoms with E-state index in [0.717, 1.165) is 0 Å². The van der Waals surface area contributed by atoms with Crippen LogP contribution in [-0.4, -0.2) is 17.9 Å². The molecule has 0 aliphatic heterocycles. The van der Waals surface area contributed by atoms with Crippen molar-refractivity contribution in [3.05, 3.63) is 40.2 Å². The predicted molar refractivity (Wildman–Crippen MR) is 74.9 cm³/mol. The van der Waals surface area contributed by atoms with E-state index in [4.69, 9.17) is 4.74 Å². The van der Waals surface area contributed by atoms with Gasteiger partial charge in [0, 0.05) is 11.6 Å². The van der Waals surface area contributed by atoms with Gasteiger partial charge in [-0.1, -0.05) is 26.8 Å². The Hall–Kier alpha value is -2.10. The number of Topliss-reactive ketones (excluding diaryl/α,β-unsaturated/α-hetero) is 1. The number of hydrogen-bond acceptors (Lipinski definition) is 3. The van der Waals surface area contributed by atoms with Gasteiger partial charge in [0.15, 0.2) is 11.2 Å². The van der Waals surface area contributed by atoms with E-state index in [2.05, 4.69) is 4.98 Å². The summed E-state index contributed by atoms with van der Waals surface area (Å²) in [5.41, 5.74) is -0.0409. The number of pyridine rings is 1. The molecule has 4 nitrogen and oxygen atoms in total. The normalized spacial score (nSPS) is 11.6. The third-order valence-corrected chi connectivity index (χ3v) is 3.02. The average Bonchev–Trinajstić information content (AvgIpc) is 2.37. The Morgan fingerprint density at radius 1 is 1.26 bits per heavy atom. The molecule has 0 spiro atoms. The number of aromatic nitrogens is 1. The zero-order valence-corrected chi connectivity index (χ0v) is 11.5. The lowest BCUT2D eigenvalue weighted by Gasteiger charge is -2.16. The van der Waals surface area contributed by atoms with Gasteiger partial charge in [-0.15, -0.1) is 0 Å². The van der Waals surface area contributed by atoms with Crippen LogP contribution in [0, 0.1) is 5.41 Å².